The van der Waals surface area contributed by atoms with Gasteiger partial charge in [0.25, 0.3) is 0 Å². The van der Waals surface area contributed by atoms with Crippen LogP contribution in [0, 0.1) is 5.41 Å². The summed E-state index contributed by atoms with van der Waals surface area (Å²) in [5.41, 5.74) is 1.01. The highest BCUT2D eigenvalue weighted by Gasteiger charge is 2.24. The van der Waals surface area contributed by atoms with Crippen molar-refractivity contribution in [3.8, 4) is 5.75 Å². The topological polar surface area (TPSA) is 52.6 Å². The lowest BCUT2D eigenvalue weighted by Gasteiger charge is -2.16. The number of hydrogen-bond acceptors (Lipinski definition) is 4. The summed E-state index contributed by atoms with van der Waals surface area (Å²) in [5.74, 6) is 0.279. The van der Waals surface area contributed by atoms with E-state index in [1.807, 2.05) is 6.07 Å². The summed E-state index contributed by atoms with van der Waals surface area (Å²) in [5, 5.41) is 0. The third-order valence-corrected chi connectivity index (χ3v) is 2.96. The maximum absolute atomic E-state index is 12.0. The Morgan fingerprint density at radius 3 is 2.74 bits per heavy atom. The molecule has 0 spiro atoms. The third-order valence-electron chi connectivity index (χ3n) is 2.96. The molecular weight excluding hydrogens is 244 g/mol. The summed E-state index contributed by atoms with van der Waals surface area (Å²) in [7, 11) is 0. The first kappa shape index (κ1) is 13.6. The molecule has 1 aliphatic heterocycles. The summed E-state index contributed by atoms with van der Waals surface area (Å²) >= 11 is 0. The van der Waals surface area contributed by atoms with Gasteiger partial charge in [-0.15, -0.1) is 0 Å². The minimum absolute atomic E-state index is 0.188. The third kappa shape index (κ3) is 3.13. The van der Waals surface area contributed by atoms with Crippen molar-refractivity contribution in [3.05, 3.63) is 29.3 Å². The zero-order valence-electron chi connectivity index (χ0n) is 11.5. The minimum atomic E-state index is -0.591. The largest absolute Gasteiger partial charge is 0.493 e. The van der Waals surface area contributed by atoms with Crippen LogP contribution < -0.4 is 4.74 Å². The fraction of sp³-hybridized carbons (Fsp3) is 0.467. The number of carbonyl (C=O) groups excluding carboxylic acids is 2. The number of ketones is 1. The van der Waals surface area contributed by atoms with Crippen LogP contribution in [0.3, 0.4) is 0 Å². The minimum Gasteiger partial charge on any atom is -0.493 e. The van der Waals surface area contributed by atoms with Gasteiger partial charge in [-0.1, -0.05) is 0 Å². The highest BCUT2D eigenvalue weighted by atomic mass is 16.5. The zero-order chi connectivity index (χ0) is 14.0. The predicted molar refractivity (Wildman–Crippen MR) is 70.4 cm³/mol. The molecule has 1 aromatic rings. The van der Waals surface area contributed by atoms with Gasteiger partial charge in [-0.2, -0.15) is 0 Å². The molecule has 0 saturated heterocycles. The molecule has 0 unspecified atom stereocenters. The van der Waals surface area contributed by atoms with Crippen molar-refractivity contribution in [1.82, 2.24) is 0 Å². The van der Waals surface area contributed by atoms with E-state index in [-0.39, 0.29) is 18.4 Å². The summed E-state index contributed by atoms with van der Waals surface area (Å²) in [6.07, 6.45) is 0.818. The maximum Gasteiger partial charge on any atom is 0.311 e. The van der Waals surface area contributed by atoms with Crippen molar-refractivity contribution in [2.24, 2.45) is 5.41 Å². The van der Waals surface area contributed by atoms with E-state index in [0.29, 0.717) is 12.2 Å². The molecule has 0 N–H and O–H groups in total. The average Bonchev–Trinajstić information content (AvgIpc) is 2.81. The van der Waals surface area contributed by atoms with Crippen molar-refractivity contribution in [2.75, 3.05) is 13.2 Å². The van der Waals surface area contributed by atoms with E-state index in [0.717, 1.165) is 17.7 Å². The molecular formula is C15H18O4. The SMILES string of the molecule is CC(C)(C)C(=O)OCC(=O)c1ccc2c(c1)CCO2. The van der Waals surface area contributed by atoms with Crippen LogP contribution in [-0.2, 0) is 16.0 Å². The van der Waals surface area contributed by atoms with Gasteiger partial charge < -0.3 is 9.47 Å². The van der Waals surface area contributed by atoms with E-state index >= 15 is 0 Å². The summed E-state index contributed by atoms with van der Waals surface area (Å²) in [6, 6.07) is 5.31. The van der Waals surface area contributed by atoms with Gasteiger partial charge in [-0.05, 0) is 44.5 Å². The molecule has 1 aromatic carbocycles. The van der Waals surface area contributed by atoms with Gasteiger partial charge in [0.15, 0.2) is 12.4 Å². The smallest absolute Gasteiger partial charge is 0.311 e. The van der Waals surface area contributed by atoms with E-state index < -0.39 is 5.41 Å². The van der Waals surface area contributed by atoms with Gasteiger partial charge in [0.1, 0.15) is 5.75 Å². The Kier molecular flexibility index (Phi) is 3.60. The van der Waals surface area contributed by atoms with Crippen LogP contribution in [-0.4, -0.2) is 25.0 Å². The second-order valence-corrected chi connectivity index (χ2v) is 5.67. The van der Waals surface area contributed by atoms with Crippen molar-refractivity contribution in [1.29, 1.82) is 0 Å². The number of carbonyl (C=O) groups is 2. The molecule has 0 radical (unpaired) electrons. The van der Waals surface area contributed by atoms with Gasteiger partial charge in [-0.3, -0.25) is 9.59 Å². The maximum atomic E-state index is 12.0. The fourth-order valence-corrected chi connectivity index (χ4v) is 1.79. The Morgan fingerprint density at radius 2 is 2.05 bits per heavy atom. The predicted octanol–water partition coefficient (Wildman–Crippen LogP) is 2.39. The fourth-order valence-electron chi connectivity index (χ4n) is 1.79. The highest BCUT2D eigenvalue weighted by molar-refractivity contribution is 5.98. The van der Waals surface area contributed by atoms with Crippen LogP contribution in [0.15, 0.2) is 18.2 Å². The van der Waals surface area contributed by atoms with Crippen LogP contribution in [0.2, 0.25) is 0 Å². The lowest BCUT2D eigenvalue weighted by molar-refractivity contribution is -0.151. The van der Waals surface area contributed by atoms with Crippen molar-refractivity contribution >= 4 is 11.8 Å². The summed E-state index contributed by atoms with van der Waals surface area (Å²) in [6.45, 7) is 5.72. The van der Waals surface area contributed by atoms with Crippen LogP contribution in [0.5, 0.6) is 5.75 Å². The Hall–Kier alpha value is -1.84. The number of rotatable bonds is 3. The van der Waals surface area contributed by atoms with Crippen LogP contribution in [0.25, 0.3) is 0 Å². The first-order valence-electron chi connectivity index (χ1n) is 6.34. The van der Waals surface area contributed by atoms with E-state index in [1.165, 1.54) is 0 Å². The van der Waals surface area contributed by atoms with Gasteiger partial charge in [0.05, 0.1) is 12.0 Å². The number of fused-ring (bicyclic) bond motifs is 1. The molecule has 19 heavy (non-hydrogen) atoms. The van der Waals surface area contributed by atoms with Crippen molar-refractivity contribution in [3.63, 3.8) is 0 Å². The van der Waals surface area contributed by atoms with E-state index in [4.69, 9.17) is 9.47 Å². The zero-order valence-corrected chi connectivity index (χ0v) is 11.5. The number of benzene rings is 1. The molecule has 0 bridgehead atoms. The van der Waals surface area contributed by atoms with E-state index in [1.54, 1.807) is 32.9 Å². The van der Waals surface area contributed by atoms with Gasteiger partial charge in [0.2, 0.25) is 0 Å². The van der Waals surface area contributed by atoms with Crippen LogP contribution >= 0.6 is 0 Å². The van der Waals surface area contributed by atoms with Crippen LogP contribution in [0.4, 0.5) is 0 Å². The Balaban J connectivity index is 1.99. The first-order chi connectivity index (χ1) is 8.88. The molecule has 0 fully saturated rings. The molecule has 102 valence electrons. The molecule has 1 heterocycles. The van der Waals surface area contributed by atoms with E-state index in [9.17, 15) is 9.59 Å². The summed E-state index contributed by atoms with van der Waals surface area (Å²) < 4.78 is 10.4. The first-order valence-corrected chi connectivity index (χ1v) is 6.34. The van der Waals surface area contributed by atoms with Crippen molar-refractivity contribution in [2.45, 2.75) is 27.2 Å². The molecule has 0 amide bonds. The number of hydrogen-bond donors (Lipinski definition) is 0. The normalized spacial score (nSPS) is 13.6. The standard InChI is InChI=1S/C15H18O4/c1-15(2,3)14(17)19-9-12(16)10-4-5-13-11(8-10)6-7-18-13/h4-5,8H,6-7,9H2,1-3H3. The van der Waals surface area contributed by atoms with Crippen molar-refractivity contribution < 1.29 is 19.1 Å². The molecule has 4 heteroatoms. The molecule has 1 aliphatic rings. The monoisotopic (exact) mass is 262 g/mol. The number of esters is 1. The molecule has 0 atom stereocenters. The van der Waals surface area contributed by atoms with Gasteiger partial charge >= 0.3 is 5.97 Å². The Morgan fingerprint density at radius 1 is 1.32 bits per heavy atom. The van der Waals surface area contributed by atoms with E-state index in [2.05, 4.69) is 0 Å². The quantitative estimate of drug-likeness (QED) is 0.620. The molecule has 4 nitrogen and oxygen atoms in total. The number of ether oxygens (including phenoxy) is 2. The summed E-state index contributed by atoms with van der Waals surface area (Å²) in [4.78, 5) is 23.6. The second kappa shape index (κ2) is 5.03. The highest BCUT2D eigenvalue weighted by Crippen LogP contribution is 2.26. The molecule has 0 aliphatic carbocycles. The lowest BCUT2D eigenvalue weighted by atomic mass is 9.97. The molecule has 0 aromatic heterocycles. The Labute approximate surface area is 112 Å². The second-order valence-electron chi connectivity index (χ2n) is 5.67. The van der Waals surface area contributed by atoms with Crippen LogP contribution in [0.1, 0.15) is 36.7 Å². The van der Waals surface area contributed by atoms with Gasteiger partial charge in [-0.25, -0.2) is 0 Å². The molecule has 2 rings (SSSR count). The Bertz CT molecular complexity index is 511. The number of Topliss-reactive ketones (excluding diaryl/α,β-unsaturated/α-hetero) is 1. The average molecular weight is 262 g/mol. The lowest BCUT2D eigenvalue weighted by Crippen LogP contribution is -2.25. The molecule has 0 saturated carbocycles. The van der Waals surface area contributed by atoms with Gasteiger partial charge in [0, 0.05) is 12.0 Å².